The summed E-state index contributed by atoms with van der Waals surface area (Å²) in [6, 6.07) is 21.0. The Morgan fingerprint density at radius 1 is 0.931 bits per heavy atom. The van der Waals surface area contributed by atoms with Gasteiger partial charge in [-0.2, -0.15) is 13.2 Å². The van der Waals surface area contributed by atoms with E-state index in [9.17, 15) is 13.2 Å². The molecule has 4 rings (SSSR count). The van der Waals surface area contributed by atoms with Crippen LogP contribution in [0.5, 0.6) is 11.5 Å². The molecule has 1 aliphatic heterocycles. The zero-order valence-electron chi connectivity index (χ0n) is 15.4. The third-order valence-electron chi connectivity index (χ3n) is 4.56. The fourth-order valence-corrected chi connectivity index (χ4v) is 3.14. The monoisotopic (exact) mass is 398 g/mol. The number of anilines is 1. The molecule has 1 aliphatic rings. The van der Waals surface area contributed by atoms with Crippen LogP contribution in [0.3, 0.4) is 0 Å². The van der Waals surface area contributed by atoms with E-state index >= 15 is 0 Å². The van der Waals surface area contributed by atoms with Crippen LogP contribution in [0.15, 0.2) is 83.9 Å². The van der Waals surface area contributed by atoms with Gasteiger partial charge in [-0.15, -0.1) is 0 Å². The van der Waals surface area contributed by atoms with Gasteiger partial charge in [-0.1, -0.05) is 48.5 Å². The number of halogens is 3. The molecule has 0 aliphatic carbocycles. The second-order valence-corrected chi connectivity index (χ2v) is 6.42. The van der Waals surface area contributed by atoms with E-state index in [0.29, 0.717) is 17.0 Å². The number of aliphatic imine (C=N–C) groups is 1. The van der Waals surface area contributed by atoms with Crippen molar-refractivity contribution in [3.63, 3.8) is 0 Å². The number of hydrogen-bond acceptors (Lipinski definition) is 4. The van der Waals surface area contributed by atoms with Crippen molar-refractivity contribution in [2.45, 2.75) is 11.9 Å². The highest BCUT2D eigenvalue weighted by atomic mass is 19.4. The lowest BCUT2D eigenvalue weighted by Gasteiger charge is -2.37. The van der Waals surface area contributed by atoms with Crippen LogP contribution in [-0.4, -0.2) is 19.1 Å². The van der Waals surface area contributed by atoms with Crippen LogP contribution in [0.4, 0.5) is 18.9 Å². The van der Waals surface area contributed by atoms with Gasteiger partial charge in [-0.05, 0) is 24.3 Å². The number of nitrogens with one attached hydrogen (secondary N) is 1. The highest BCUT2D eigenvalue weighted by molar-refractivity contribution is 6.11. The van der Waals surface area contributed by atoms with Crippen LogP contribution in [0, 0.1) is 0 Å². The van der Waals surface area contributed by atoms with Gasteiger partial charge in [0.1, 0.15) is 17.3 Å². The maximum Gasteiger partial charge on any atom is 0.455 e. The average Bonchev–Trinajstić information content (AvgIpc) is 2.73. The average molecular weight is 398 g/mol. The lowest BCUT2D eigenvalue weighted by Crippen LogP contribution is -2.49. The van der Waals surface area contributed by atoms with Gasteiger partial charge in [0.05, 0.1) is 12.7 Å². The lowest BCUT2D eigenvalue weighted by molar-refractivity contribution is -0.252. The first-order chi connectivity index (χ1) is 13.9. The van der Waals surface area contributed by atoms with Crippen molar-refractivity contribution in [3.8, 4) is 11.5 Å². The zero-order valence-corrected chi connectivity index (χ0v) is 15.4. The second-order valence-electron chi connectivity index (χ2n) is 6.42. The maximum absolute atomic E-state index is 14.4. The predicted octanol–water partition coefficient (Wildman–Crippen LogP) is 5.36. The molecule has 4 nitrogen and oxygen atoms in total. The molecule has 0 radical (unpaired) electrons. The maximum atomic E-state index is 14.4. The summed E-state index contributed by atoms with van der Waals surface area (Å²) in [5, 5.41) is 3.00. The molecule has 0 bridgehead atoms. The van der Waals surface area contributed by atoms with E-state index < -0.39 is 11.9 Å². The number of hydrogen-bond donors (Lipinski definition) is 1. The Bertz CT molecular complexity index is 1040. The van der Waals surface area contributed by atoms with Gasteiger partial charge >= 0.3 is 11.9 Å². The topological polar surface area (TPSA) is 42.9 Å². The number of para-hydroxylation sites is 1. The molecule has 0 saturated carbocycles. The van der Waals surface area contributed by atoms with Gasteiger partial charge in [-0.3, -0.25) is 0 Å². The van der Waals surface area contributed by atoms with Crippen molar-refractivity contribution < 1.29 is 22.6 Å². The zero-order chi connectivity index (χ0) is 20.5. The summed E-state index contributed by atoms with van der Waals surface area (Å²) in [6.07, 6.45) is -4.81. The Labute approximate surface area is 165 Å². The standard InChI is InChI=1S/C22H17F3N2O2/c1-28-17-12-13-18-19(14-17)29-21(22(23,24)25,15-8-4-2-5-9-15)27-20(18)26-16-10-6-3-7-11-16/h2-14H,1H3,(H,26,27)/t21-/m0/s1. The van der Waals surface area contributed by atoms with Crippen molar-refractivity contribution in [3.05, 3.63) is 90.0 Å². The summed E-state index contributed by atoms with van der Waals surface area (Å²) < 4.78 is 53.9. The van der Waals surface area contributed by atoms with Crippen molar-refractivity contribution in [1.82, 2.24) is 0 Å². The van der Waals surface area contributed by atoms with Gasteiger partial charge in [0, 0.05) is 17.3 Å². The summed E-state index contributed by atoms with van der Waals surface area (Å²) in [4.78, 5) is 4.06. The van der Waals surface area contributed by atoms with Crippen LogP contribution in [0.25, 0.3) is 0 Å². The number of methoxy groups -OCH3 is 1. The van der Waals surface area contributed by atoms with Crippen molar-refractivity contribution in [2.75, 3.05) is 12.4 Å². The SMILES string of the molecule is COc1ccc2c(c1)O[C@@](c1ccccc1)(C(F)(F)F)N=C2Nc1ccccc1. The van der Waals surface area contributed by atoms with Crippen LogP contribution in [0.1, 0.15) is 11.1 Å². The quantitative estimate of drug-likeness (QED) is 0.646. The number of nitrogens with zero attached hydrogens (tertiary/aromatic N) is 1. The molecule has 0 unspecified atom stereocenters. The summed E-state index contributed by atoms with van der Waals surface area (Å²) >= 11 is 0. The fraction of sp³-hybridized carbons (Fsp3) is 0.136. The molecule has 148 valence electrons. The van der Waals surface area contributed by atoms with E-state index in [1.54, 1.807) is 42.5 Å². The Kier molecular flexibility index (Phi) is 4.66. The van der Waals surface area contributed by atoms with E-state index in [1.165, 1.54) is 37.4 Å². The number of alkyl halides is 3. The van der Waals surface area contributed by atoms with Crippen molar-refractivity contribution in [2.24, 2.45) is 4.99 Å². The van der Waals surface area contributed by atoms with Gasteiger partial charge < -0.3 is 14.8 Å². The first-order valence-corrected chi connectivity index (χ1v) is 8.84. The third kappa shape index (κ3) is 3.40. The summed E-state index contributed by atoms with van der Waals surface area (Å²) in [5.41, 5.74) is -1.98. The van der Waals surface area contributed by atoms with E-state index in [-0.39, 0.29) is 17.1 Å². The Morgan fingerprint density at radius 3 is 2.21 bits per heavy atom. The second kappa shape index (κ2) is 7.16. The Balaban J connectivity index is 1.93. The minimum Gasteiger partial charge on any atom is -0.497 e. The van der Waals surface area contributed by atoms with E-state index in [1.807, 2.05) is 6.07 Å². The normalized spacial score (nSPS) is 18.3. The Hall–Kier alpha value is -3.48. The summed E-state index contributed by atoms with van der Waals surface area (Å²) in [6.45, 7) is 0. The number of benzene rings is 3. The van der Waals surface area contributed by atoms with Crippen LogP contribution >= 0.6 is 0 Å². The van der Waals surface area contributed by atoms with E-state index in [0.717, 1.165) is 0 Å². The number of amidine groups is 1. The molecule has 3 aromatic carbocycles. The van der Waals surface area contributed by atoms with Gasteiger partial charge in [0.25, 0.3) is 0 Å². The summed E-state index contributed by atoms with van der Waals surface area (Å²) in [5.74, 6) is 0.467. The number of ether oxygens (including phenoxy) is 2. The van der Waals surface area contributed by atoms with Crippen LogP contribution < -0.4 is 14.8 Å². The minimum atomic E-state index is -4.81. The molecule has 29 heavy (non-hydrogen) atoms. The molecule has 3 aromatic rings. The first kappa shape index (κ1) is 18.9. The molecular weight excluding hydrogens is 381 g/mol. The van der Waals surface area contributed by atoms with Gasteiger partial charge in [0.2, 0.25) is 0 Å². The minimum absolute atomic E-state index is 0.0268. The molecule has 7 heteroatoms. The summed E-state index contributed by atoms with van der Waals surface area (Å²) in [7, 11) is 1.44. The number of fused-ring (bicyclic) bond motifs is 1. The molecule has 1 heterocycles. The third-order valence-corrected chi connectivity index (χ3v) is 4.56. The van der Waals surface area contributed by atoms with Crippen molar-refractivity contribution >= 4 is 11.5 Å². The largest absolute Gasteiger partial charge is 0.497 e. The molecule has 0 fully saturated rings. The predicted molar refractivity (Wildman–Crippen MR) is 104 cm³/mol. The van der Waals surface area contributed by atoms with Crippen molar-refractivity contribution in [1.29, 1.82) is 0 Å². The lowest BCUT2D eigenvalue weighted by atomic mass is 9.99. The van der Waals surface area contributed by atoms with Gasteiger partial charge in [-0.25, -0.2) is 4.99 Å². The smallest absolute Gasteiger partial charge is 0.455 e. The molecular formula is C22H17F3N2O2. The van der Waals surface area contributed by atoms with E-state index in [2.05, 4.69) is 10.3 Å². The Morgan fingerprint density at radius 2 is 1.59 bits per heavy atom. The van der Waals surface area contributed by atoms with Gasteiger partial charge in [0.15, 0.2) is 0 Å². The molecule has 0 spiro atoms. The van der Waals surface area contributed by atoms with Crippen LogP contribution in [-0.2, 0) is 5.72 Å². The molecule has 0 amide bonds. The molecule has 1 N–H and O–H groups in total. The number of rotatable bonds is 3. The molecule has 0 saturated heterocycles. The first-order valence-electron chi connectivity index (χ1n) is 8.84. The highest BCUT2D eigenvalue weighted by Crippen LogP contribution is 2.48. The highest BCUT2D eigenvalue weighted by Gasteiger charge is 2.61. The molecule has 0 aromatic heterocycles. The molecule has 1 atom stereocenters. The van der Waals surface area contributed by atoms with E-state index in [4.69, 9.17) is 9.47 Å². The van der Waals surface area contributed by atoms with Crippen LogP contribution in [0.2, 0.25) is 0 Å². The fourth-order valence-electron chi connectivity index (χ4n) is 3.14.